The zero-order valence-corrected chi connectivity index (χ0v) is 13.2. The van der Waals surface area contributed by atoms with Gasteiger partial charge in [-0.3, -0.25) is 4.79 Å². The standard InChI is InChI=1S/C21H18N2O/c24-20(23-19-13-7-8-14-22-19)18-15-21(18,16-9-3-1-4-10-16)17-11-5-2-6-12-17/h1-14,18H,15H2,(H,22,23,24)/t18-/m1/s1. The molecule has 0 spiro atoms. The van der Waals surface area contributed by atoms with Crippen molar-refractivity contribution in [1.29, 1.82) is 0 Å². The van der Waals surface area contributed by atoms with E-state index in [1.807, 2.05) is 54.6 Å². The second-order valence-electron chi connectivity index (χ2n) is 6.16. The molecule has 3 nitrogen and oxygen atoms in total. The summed E-state index contributed by atoms with van der Waals surface area (Å²) < 4.78 is 0. The van der Waals surface area contributed by atoms with E-state index in [-0.39, 0.29) is 17.2 Å². The molecule has 3 aromatic rings. The zero-order valence-electron chi connectivity index (χ0n) is 13.2. The number of nitrogens with zero attached hydrogens (tertiary/aromatic N) is 1. The van der Waals surface area contributed by atoms with Crippen molar-refractivity contribution in [2.75, 3.05) is 5.32 Å². The quantitative estimate of drug-likeness (QED) is 0.790. The Balaban J connectivity index is 1.66. The van der Waals surface area contributed by atoms with Crippen LogP contribution in [0.2, 0.25) is 0 Å². The topological polar surface area (TPSA) is 42.0 Å². The molecule has 1 N–H and O–H groups in total. The Hall–Kier alpha value is -2.94. The van der Waals surface area contributed by atoms with Gasteiger partial charge < -0.3 is 5.32 Å². The van der Waals surface area contributed by atoms with Gasteiger partial charge in [0.15, 0.2) is 0 Å². The first-order chi connectivity index (χ1) is 11.8. The summed E-state index contributed by atoms with van der Waals surface area (Å²) in [5.74, 6) is 0.551. The zero-order chi connectivity index (χ0) is 16.4. The van der Waals surface area contributed by atoms with Crippen LogP contribution in [-0.2, 0) is 10.2 Å². The molecule has 1 atom stereocenters. The molecule has 1 amide bonds. The highest BCUT2D eigenvalue weighted by molar-refractivity contribution is 5.96. The normalized spacial score (nSPS) is 17.9. The van der Waals surface area contributed by atoms with Crippen molar-refractivity contribution in [2.45, 2.75) is 11.8 Å². The Morgan fingerprint density at radius 3 is 2.00 bits per heavy atom. The van der Waals surface area contributed by atoms with Crippen molar-refractivity contribution in [3.05, 3.63) is 96.2 Å². The molecule has 2 aromatic carbocycles. The van der Waals surface area contributed by atoms with Gasteiger partial charge in [0.1, 0.15) is 5.82 Å². The van der Waals surface area contributed by atoms with E-state index in [0.29, 0.717) is 5.82 Å². The molecular formula is C21H18N2O. The first kappa shape index (κ1) is 14.6. The van der Waals surface area contributed by atoms with E-state index in [1.165, 1.54) is 11.1 Å². The lowest BCUT2D eigenvalue weighted by molar-refractivity contribution is -0.117. The fraction of sp³-hybridized carbons (Fsp3) is 0.143. The molecule has 1 aliphatic rings. The van der Waals surface area contributed by atoms with Gasteiger partial charge in [-0.05, 0) is 29.7 Å². The second-order valence-corrected chi connectivity index (χ2v) is 6.16. The number of benzene rings is 2. The van der Waals surface area contributed by atoms with E-state index < -0.39 is 0 Å². The molecule has 1 heterocycles. The number of pyridine rings is 1. The van der Waals surface area contributed by atoms with Crippen molar-refractivity contribution in [2.24, 2.45) is 5.92 Å². The average Bonchev–Trinajstić information content (AvgIpc) is 3.41. The van der Waals surface area contributed by atoms with E-state index in [9.17, 15) is 4.79 Å². The van der Waals surface area contributed by atoms with Crippen LogP contribution >= 0.6 is 0 Å². The lowest BCUT2D eigenvalue weighted by atomic mass is 9.85. The van der Waals surface area contributed by atoms with Gasteiger partial charge in [-0.2, -0.15) is 0 Å². The molecular weight excluding hydrogens is 296 g/mol. The molecule has 1 aromatic heterocycles. The Labute approximate surface area is 141 Å². The van der Waals surface area contributed by atoms with E-state index >= 15 is 0 Å². The van der Waals surface area contributed by atoms with Gasteiger partial charge in [-0.15, -0.1) is 0 Å². The molecule has 1 aliphatic carbocycles. The summed E-state index contributed by atoms with van der Waals surface area (Å²) in [6, 6.07) is 26.1. The van der Waals surface area contributed by atoms with Crippen LogP contribution in [0.3, 0.4) is 0 Å². The maximum absolute atomic E-state index is 12.8. The molecule has 1 saturated carbocycles. The molecule has 118 valence electrons. The summed E-state index contributed by atoms with van der Waals surface area (Å²) >= 11 is 0. The maximum Gasteiger partial charge on any atom is 0.229 e. The minimum atomic E-state index is -0.235. The van der Waals surface area contributed by atoms with Gasteiger partial charge in [0.25, 0.3) is 0 Å². The van der Waals surface area contributed by atoms with E-state index in [1.54, 1.807) is 6.20 Å². The highest BCUT2D eigenvalue weighted by Crippen LogP contribution is 2.59. The number of hydrogen-bond acceptors (Lipinski definition) is 2. The molecule has 0 saturated heterocycles. The largest absolute Gasteiger partial charge is 0.310 e. The van der Waals surface area contributed by atoms with Gasteiger partial charge in [0.05, 0.1) is 5.92 Å². The Kier molecular flexibility index (Phi) is 3.62. The minimum Gasteiger partial charge on any atom is -0.310 e. The molecule has 0 unspecified atom stereocenters. The third kappa shape index (κ3) is 2.48. The van der Waals surface area contributed by atoms with Crippen LogP contribution in [0.1, 0.15) is 17.5 Å². The van der Waals surface area contributed by atoms with Crippen LogP contribution in [-0.4, -0.2) is 10.9 Å². The Bertz CT molecular complexity index is 792. The lowest BCUT2D eigenvalue weighted by Gasteiger charge is -2.18. The predicted molar refractivity (Wildman–Crippen MR) is 94.6 cm³/mol. The fourth-order valence-electron chi connectivity index (χ4n) is 3.51. The molecule has 1 fully saturated rings. The van der Waals surface area contributed by atoms with Gasteiger partial charge in [-0.1, -0.05) is 66.7 Å². The van der Waals surface area contributed by atoms with E-state index in [0.717, 1.165) is 6.42 Å². The van der Waals surface area contributed by atoms with Crippen LogP contribution in [0.4, 0.5) is 5.82 Å². The number of amides is 1. The highest BCUT2D eigenvalue weighted by Gasteiger charge is 2.60. The van der Waals surface area contributed by atoms with E-state index in [2.05, 4.69) is 34.6 Å². The van der Waals surface area contributed by atoms with Crippen molar-refractivity contribution in [3.8, 4) is 0 Å². The number of rotatable bonds is 4. The third-order valence-electron chi connectivity index (χ3n) is 4.77. The summed E-state index contributed by atoms with van der Waals surface area (Å²) in [5, 5.41) is 2.95. The van der Waals surface area contributed by atoms with Gasteiger partial charge in [-0.25, -0.2) is 4.98 Å². The van der Waals surface area contributed by atoms with E-state index in [4.69, 9.17) is 0 Å². The summed E-state index contributed by atoms with van der Waals surface area (Å²) in [7, 11) is 0. The van der Waals surface area contributed by atoms with Gasteiger partial charge in [0, 0.05) is 11.6 Å². The number of hydrogen-bond donors (Lipinski definition) is 1. The summed E-state index contributed by atoms with van der Waals surface area (Å²) in [5.41, 5.74) is 2.15. The first-order valence-corrected chi connectivity index (χ1v) is 8.14. The van der Waals surface area contributed by atoms with Crippen LogP contribution < -0.4 is 5.32 Å². The van der Waals surface area contributed by atoms with Crippen LogP contribution in [0.15, 0.2) is 85.1 Å². The lowest BCUT2D eigenvalue weighted by Crippen LogP contribution is -2.22. The van der Waals surface area contributed by atoms with Gasteiger partial charge >= 0.3 is 0 Å². The Morgan fingerprint density at radius 1 is 0.875 bits per heavy atom. The molecule has 24 heavy (non-hydrogen) atoms. The smallest absolute Gasteiger partial charge is 0.229 e. The number of carbonyl (C=O) groups excluding carboxylic acids is 1. The van der Waals surface area contributed by atoms with Gasteiger partial charge in [0.2, 0.25) is 5.91 Å². The van der Waals surface area contributed by atoms with Crippen LogP contribution in [0, 0.1) is 5.92 Å². The monoisotopic (exact) mass is 314 g/mol. The van der Waals surface area contributed by atoms with Crippen LogP contribution in [0.25, 0.3) is 0 Å². The molecule has 0 radical (unpaired) electrons. The molecule has 0 bridgehead atoms. The third-order valence-corrected chi connectivity index (χ3v) is 4.77. The summed E-state index contributed by atoms with van der Waals surface area (Å²) in [4.78, 5) is 17.0. The summed E-state index contributed by atoms with van der Waals surface area (Å²) in [6.07, 6.45) is 2.50. The predicted octanol–water partition coefficient (Wildman–Crippen LogP) is 4.03. The fourth-order valence-corrected chi connectivity index (χ4v) is 3.51. The number of nitrogens with one attached hydrogen (secondary N) is 1. The number of aromatic nitrogens is 1. The second kappa shape index (κ2) is 5.93. The van der Waals surface area contributed by atoms with Crippen molar-refractivity contribution >= 4 is 11.7 Å². The number of carbonyl (C=O) groups is 1. The highest BCUT2D eigenvalue weighted by atomic mass is 16.2. The molecule has 3 heteroatoms. The average molecular weight is 314 g/mol. The first-order valence-electron chi connectivity index (χ1n) is 8.14. The van der Waals surface area contributed by atoms with Crippen molar-refractivity contribution in [3.63, 3.8) is 0 Å². The minimum absolute atomic E-state index is 0.0291. The maximum atomic E-state index is 12.8. The SMILES string of the molecule is O=C(Nc1ccccn1)[C@H]1CC1(c1ccccc1)c1ccccc1. The number of anilines is 1. The molecule has 4 rings (SSSR count). The Morgan fingerprint density at radius 2 is 1.46 bits per heavy atom. The van der Waals surface area contributed by atoms with Crippen molar-refractivity contribution in [1.82, 2.24) is 4.98 Å². The van der Waals surface area contributed by atoms with Crippen molar-refractivity contribution < 1.29 is 4.79 Å². The molecule has 0 aliphatic heterocycles. The van der Waals surface area contributed by atoms with Crippen LogP contribution in [0.5, 0.6) is 0 Å². The summed E-state index contributed by atoms with van der Waals surface area (Å²) in [6.45, 7) is 0.